The number of halogens is 2. The van der Waals surface area contributed by atoms with Crippen LogP contribution in [0.3, 0.4) is 0 Å². The number of rotatable bonds is 1. The lowest BCUT2D eigenvalue weighted by Gasteiger charge is -2.03. The van der Waals surface area contributed by atoms with Crippen molar-refractivity contribution in [1.82, 2.24) is 10.5 Å². The molecule has 7 heteroatoms. The minimum absolute atomic E-state index is 0.223. The van der Waals surface area contributed by atoms with E-state index >= 15 is 0 Å². The van der Waals surface area contributed by atoms with Gasteiger partial charge in [-0.15, -0.1) is 0 Å². The third kappa shape index (κ3) is 2.42. The van der Waals surface area contributed by atoms with E-state index in [0.29, 0.717) is 20.9 Å². The number of carbonyl (C=O) groups excluding carboxylic acids is 2. The molecule has 0 radical (unpaired) electrons. The maximum absolute atomic E-state index is 11.7. The topological polar surface area (TPSA) is 71.2 Å². The predicted molar refractivity (Wildman–Crippen MR) is 67.6 cm³/mol. The number of nitrogens with one attached hydrogen (secondary N) is 2. The summed E-state index contributed by atoms with van der Waals surface area (Å²) in [6, 6.07) is 3.16. The Morgan fingerprint density at radius 2 is 2.06 bits per heavy atom. The van der Waals surface area contributed by atoms with Gasteiger partial charge in [0.25, 0.3) is 0 Å². The number of hydrogen-bond acceptors (Lipinski definition) is 3. The zero-order valence-electron chi connectivity index (χ0n) is 9.21. The molecule has 0 atom stereocenters. The van der Waals surface area contributed by atoms with Crippen molar-refractivity contribution < 1.29 is 14.4 Å². The Hall–Kier alpha value is -1.72. The minimum atomic E-state index is -0.708. The van der Waals surface area contributed by atoms with Crippen molar-refractivity contribution in [3.63, 3.8) is 0 Å². The van der Waals surface area contributed by atoms with Crippen LogP contribution in [0.4, 0.5) is 0 Å². The summed E-state index contributed by atoms with van der Waals surface area (Å²) in [5.41, 5.74) is 2.79. The predicted octanol–water partition coefficient (Wildman–Crippen LogP) is 2.68. The van der Waals surface area contributed by atoms with Crippen LogP contribution >= 0.6 is 23.2 Å². The molecule has 1 amide bonds. The smallest absolute Gasteiger partial charge is 0.360 e. The van der Waals surface area contributed by atoms with Crippen molar-refractivity contribution in [2.24, 2.45) is 0 Å². The molecule has 0 aliphatic heterocycles. The molecule has 0 aliphatic carbocycles. The van der Waals surface area contributed by atoms with Crippen LogP contribution in [0.5, 0.6) is 0 Å². The summed E-state index contributed by atoms with van der Waals surface area (Å²) in [6.45, 7) is 1.23. The Balaban J connectivity index is 2.40. The molecule has 0 unspecified atom stereocenters. The molecule has 0 fully saturated rings. The van der Waals surface area contributed by atoms with Crippen LogP contribution in [-0.4, -0.2) is 16.9 Å². The lowest BCUT2D eigenvalue weighted by atomic mass is 10.2. The van der Waals surface area contributed by atoms with Crippen molar-refractivity contribution in [2.75, 3.05) is 0 Å². The number of aromatic amines is 1. The minimum Gasteiger partial charge on any atom is -0.360 e. The Bertz CT molecular complexity index is 636. The number of H-pyrrole nitrogens is 1. The first-order chi connectivity index (χ1) is 8.49. The lowest BCUT2D eigenvalue weighted by molar-refractivity contribution is -0.127. The largest absolute Gasteiger partial charge is 0.365 e. The second-order valence-electron chi connectivity index (χ2n) is 3.56. The van der Waals surface area contributed by atoms with Crippen LogP contribution in [0.2, 0.25) is 10.0 Å². The summed E-state index contributed by atoms with van der Waals surface area (Å²) in [5, 5.41) is 1.28. The van der Waals surface area contributed by atoms with Gasteiger partial charge >= 0.3 is 5.97 Å². The number of hydroxylamine groups is 1. The second kappa shape index (κ2) is 4.88. The van der Waals surface area contributed by atoms with Crippen molar-refractivity contribution in [3.8, 4) is 0 Å². The third-order valence-electron chi connectivity index (χ3n) is 2.20. The SMILES string of the molecule is CC(=O)NOC(=O)c1c[nH]c2cc(Cl)cc(Cl)c12. The van der Waals surface area contributed by atoms with Gasteiger partial charge in [-0.1, -0.05) is 23.2 Å². The van der Waals surface area contributed by atoms with Crippen LogP contribution in [0, 0.1) is 0 Å². The number of amides is 1. The summed E-state index contributed by atoms with van der Waals surface area (Å²) < 4.78 is 0. The Kier molecular flexibility index (Phi) is 3.45. The van der Waals surface area contributed by atoms with E-state index in [4.69, 9.17) is 23.2 Å². The summed E-state index contributed by atoms with van der Waals surface area (Å²) in [5.74, 6) is -1.18. The molecule has 2 rings (SSSR count). The normalized spacial score (nSPS) is 10.4. The van der Waals surface area contributed by atoms with Gasteiger partial charge < -0.3 is 9.82 Å². The van der Waals surface area contributed by atoms with Gasteiger partial charge in [0.2, 0.25) is 5.91 Å². The van der Waals surface area contributed by atoms with Crippen molar-refractivity contribution >= 4 is 46.0 Å². The lowest BCUT2D eigenvalue weighted by Crippen LogP contribution is -2.24. The average Bonchev–Trinajstić information content (AvgIpc) is 2.69. The molecule has 18 heavy (non-hydrogen) atoms. The van der Waals surface area contributed by atoms with E-state index in [9.17, 15) is 9.59 Å². The number of benzene rings is 1. The maximum atomic E-state index is 11.7. The van der Waals surface area contributed by atoms with Crippen LogP contribution in [0.1, 0.15) is 17.3 Å². The molecule has 0 bridgehead atoms. The van der Waals surface area contributed by atoms with Gasteiger partial charge in [-0.25, -0.2) is 4.79 Å². The molecule has 1 aromatic carbocycles. The summed E-state index contributed by atoms with van der Waals surface area (Å²) in [6.07, 6.45) is 1.44. The molecule has 0 saturated heterocycles. The number of aromatic nitrogens is 1. The second-order valence-corrected chi connectivity index (χ2v) is 4.40. The number of carbonyl (C=O) groups is 2. The highest BCUT2D eigenvalue weighted by Crippen LogP contribution is 2.30. The molecular formula is C11H8Cl2N2O3. The zero-order chi connectivity index (χ0) is 13.3. The molecule has 0 spiro atoms. The molecule has 0 aliphatic rings. The van der Waals surface area contributed by atoms with Crippen molar-refractivity contribution in [1.29, 1.82) is 0 Å². The fourth-order valence-corrected chi connectivity index (χ4v) is 2.11. The van der Waals surface area contributed by atoms with E-state index in [2.05, 4.69) is 9.82 Å². The molecule has 94 valence electrons. The highest BCUT2D eigenvalue weighted by molar-refractivity contribution is 6.39. The average molecular weight is 287 g/mol. The van der Waals surface area contributed by atoms with Crippen molar-refractivity contribution in [3.05, 3.63) is 33.9 Å². The van der Waals surface area contributed by atoms with Gasteiger partial charge in [-0.05, 0) is 12.1 Å². The van der Waals surface area contributed by atoms with Gasteiger partial charge in [-0.3, -0.25) is 4.79 Å². The van der Waals surface area contributed by atoms with Gasteiger partial charge in [0.1, 0.15) is 0 Å². The van der Waals surface area contributed by atoms with E-state index < -0.39 is 11.9 Å². The first kappa shape index (κ1) is 12.7. The summed E-state index contributed by atoms with van der Waals surface area (Å²) in [4.78, 5) is 29.8. The van der Waals surface area contributed by atoms with Gasteiger partial charge in [0.15, 0.2) is 0 Å². The molecule has 5 nitrogen and oxygen atoms in total. The van der Waals surface area contributed by atoms with Gasteiger partial charge in [0.05, 0.1) is 10.6 Å². The van der Waals surface area contributed by atoms with Gasteiger partial charge in [-0.2, -0.15) is 5.48 Å². The molecule has 1 heterocycles. The molecule has 0 saturated carbocycles. The molecular weight excluding hydrogens is 279 g/mol. The van der Waals surface area contributed by atoms with Crippen LogP contribution in [-0.2, 0) is 9.63 Å². The molecule has 2 N–H and O–H groups in total. The van der Waals surface area contributed by atoms with E-state index in [-0.39, 0.29) is 5.56 Å². The molecule has 1 aromatic heterocycles. The highest BCUT2D eigenvalue weighted by atomic mass is 35.5. The number of fused-ring (bicyclic) bond motifs is 1. The van der Waals surface area contributed by atoms with Crippen molar-refractivity contribution in [2.45, 2.75) is 6.92 Å². The third-order valence-corrected chi connectivity index (χ3v) is 2.72. The fraction of sp³-hybridized carbons (Fsp3) is 0.0909. The van der Waals surface area contributed by atoms with Crippen LogP contribution in [0.15, 0.2) is 18.3 Å². The van der Waals surface area contributed by atoms with Crippen LogP contribution in [0.25, 0.3) is 10.9 Å². The van der Waals surface area contributed by atoms with E-state index in [0.717, 1.165) is 0 Å². The fourth-order valence-electron chi connectivity index (χ4n) is 1.52. The monoisotopic (exact) mass is 286 g/mol. The van der Waals surface area contributed by atoms with E-state index in [1.807, 2.05) is 5.48 Å². The standard InChI is InChI=1S/C11H8Cl2N2O3/c1-5(16)15-18-11(17)7-4-14-9-3-6(12)2-8(13)10(7)9/h2-4,14H,1H3,(H,15,16). The maximum Gasteiger partial charge on any atom is 0.365 e. The Morgan fingerprint density at radius 1 is 1.33 bits per heavy atom. The molecule has 2 aromatic rings. The van der Waals surface area contributed by atoms with E-state index in [1.54, 1.807) is 6.07 Å². The van der Waals surface area contributed by atoms with Gasteiger partial charge in [0, 0.05) is 29.0 Å². The Labute approximate surface area is 112 Å². The quantitative estimate of drug-likeness (QED) is 0.792. The summed E-state index contributed by atoms with van der Waals surface area (Å²) >= 11 is 11.9. The van der Waals surface area contributed by atoms with E-state index in [1.165, 1.54) is 19.2 Å². The highest BCUT2D eigenvalue weighted by Gasteiger charge is 2.17. The number of hydrogen-bond donors (Lipinski definition) is 2. The first-order valence-corrected chi connectivity index (χ1v) is 5.68. The van der Waals surface area contributed by atoms with Crippen LogP contribution < -0.4 is 5.48 Å². The Morgan fingerprint density at radius 3 is 2.72 bits per heavy atom. The summed E-state index contributed by atoms with van der Waals surface area (Å²) in [7, 11) is 0. The zero-order valence-corrected chi connectivity index (χ0v) is 10.7. The first-order valence-electron chi connectivity index (χ1n) is 4.93.